The van der Waals surface area contributed by atoms with Crippen LogP contribution in [-0.4, -0.2) is 31.6 Å². The van der Waals surface area contributed by atoms with E-state index in [1.54, 1.807) is 7.11 Å². The number of rotatable bonds is 6. The molecular weight excluding hydrogens is 200 g/mol. The van der Waals surface area contributed by atoms with Crippen LogP contribution in [0.5, 0.6) is 5.75 Å². The number of nitrogens with two attached hydrogens (primary N) is 1. The van der Waals surface area contributed by atoms with Crippen molar-refractivity contribution in [2.24, 2.45) is 5.73 Å². The van der Waals surface area contributed by atoms with E-state index in [0.29, 0.717) is 12.6 Å². The van der Waals surface area contributed by atoms with Gasteiger partial charge in [-0.3, -0.25) is 4.90 Å². The first-order valence-corrected chi connectivity index (χ1v) is 5.74. The maximum atomic E-state index is 5.72. The summed E-state index contributed by atoms with van der Waals surface area (Å²) in [6.45, 7) is 3.81. The van der Waals surface area contributed by atoms with Gasteiger partial charge < -0.3 is 10.5 Å². The summed E-state index contributed by atoms with van der Waals surface area (Å²) in [4.78, 5) is 2.29. The van der Waals surface area contributed by atoms with Gasteiger partial charge in [-0.2, -0.15) is 0 Å². The minimum absolute atomic E-state index is 0.460. The van der Waals surface area contributed by atoms with Gasteiger partial charge in [-0.05, 0) is 31.2 Å². The van der Waals surface area contributed by atoms with E-state index < -0.39 is 0 Å². The molecule has 0 aliphatic carbocycles. The van der Waals surface area contributed by atoms with Gasteiger partial charge in [0.25, 0.3) is 0 Å². The van der Waals surface area contributed by atoms with Gasteiger partial charge in [-0.25, -0.2) is 0 Å². The second-order valence-electron chi connectivity index (χ2n) is 4.06. The van der Waals surface area contributed by atoms with Crippen LogP contribution in [-0.2, 0) is 6.54 Å². The van der Waals surface area contributed by atoms with Crippen molar-refractivity contribution >= 4 is 0 Å². The Kier molecular flexibility index (Phi) is 5.29. The molecule has 0 saturated carbocycles. The number of nitrogens with zero attached hydrogens (tertiary/aromatic N) is 1. The van der Waals surface area contributed by atoms with Crippen LogP contribution < -0.4 is 10.5 Å². The lowest BCUT2D eigenvalue weighted by atomic mass is 10.1. The molecule has 0 bridgehead atoms. The molecule has 1 atom stereocenters. The molecule has 0 amide bonds. The maximum absolute atomic E-state index is 5.72. The van der Waals surface area contributed by atoms with Crippen molar-refractivity contribution in [3.8, 4) is 5.75 Å². The number of benzene rings is 1. The molecule has 16 heavy (non-hydrogen) atoms. The van der Waals surface area contributed by atoms with Crippen molar-refractivity contribution in [2.75, 3.05) is 20.7 Å². The zero-order chi connectivity index (χ0) is 12.0. The fraction of sp³-hybridized carbons (Fsp3) is 0.538. The highest BCUT2D eigenvalue weighted by atomic mass is 16.5. The van der Waals surface area contributed by atoms with Crippen LogP contribution in [0.2, 0.25) is 0 Å². The predicted molar refractivity (Wildman–Crippen MR) is 67.6 cm³/mol. The van der Waals surface area contributed by atoms with Crippen molar-refractivity contribution in [2.45, 2.75) is 25.9 Å². The molecule has 0 fully saturated rings. The molecule has 0 aromatic heterocycles. The summed E-state index contributed by atoms with van der Waals surface area (Å²) in [7, 11) is 3.80. The van der Waals surface area contributed by atoms with Crippen molar-refractivity contribution in [3.63, 3.8) is 0 Å². The molecule has 2 N–H and O–H groups in total. The van der Waals surface area contributed by atoms with Gasteiger partial charge in [0.2, 0.25) is 0 Å². The van der Waals surface area contributed by atoms with E-state index in [0.717, 1.165) is 18.7 Å². The van der Waals surface area contributed by atoms with E-state index >= 15 is 0 Å². The molecule has 0 aliphatic heterocycles. The van der Waals surface area contributed by atoms with Crippen LogP contribution in [0.3, 0.4) is 0 Å². The first-order valence-electron chi connectivity index (χ1n) is 5.74. The number of hydrogen-bond donors (Lipinski definition) is 1. The van der Waals surface area contributed by atoms with Crippen molar-refractivity contribution in [3.05, 3.63) is 29.8 Å². The molecule has 1 aromatic rings. The molecule has 0 heterocycles. The lowest BCUT2D eigenvalue weighted by Crippen LogP contribution is -2.36. The highest BCUT2D eigenvalue weighted by molar-refractivity contribution is 5.27. The number of hydrogen-bond acceptors (Lipinski definition) is 3. The second kappa shape index (κ2) is 6.51. The maximum Gasteiger partial charge on any atom is 0.118 e. The van der Waals surface area contributed by atoms with Crippen molar-refractivity contribution in [1.82, 2.24) is 4.90 Å². The molecular formula is C13H22N2O. The molecule has 3 nitrogen and oxygen atoms in total. The highest BCUT2D eigenvalue weighted by Crippen LogP contribution is 2.13. The Morgan fingerprint density at radius 1 is 1.31 bits per heavy atom. The lowest BCUT2D eigenvalue weighted by Gasteiger charge is -2.25. The summed E-state index contributed by atoms with van der Waals surface area (Å²) < 4.78 is 5.13. The molecule has 3 heteroatoms. The highest BCUT2D eigenvalue weighted by Gasteiger charge is 2.10. The Labute approximate surface area is 98.2 Å². The standard InChI is InChI=1S/C13H22N2O/c1-4-12(9-14)15(2)10-11-5-7-13(16-3)8-6-11/h5-8,12H,4,9-10,14H2,1-3H3. The average molecular weight is 222 g/mol. The fourth-order valence-electron chi connectivity index (χ4n) is 1.81. The molecule has 0 spiro atoms. The Hall–Kier alpha value is -1.06. The molecule has 0 saturated heterocycles. The van der Waals surface area contributed by atoms with Gasteiger partial charge in [0.05, 0.1) is 7.11 Å². The van der Waals surface area contributed by atoms with Crippen LogP contribution >= 0.6 is 0 Å². The number of ether oxygens (including phenoxy) is 1. The largest absolute Gasteiger partial charge is 0.497 e. The van der Waals surface area contributed by atoms with Gasteiger partial charge in [-0.1, -0.05) is 19.1 Å². The van der Waals surface area contributed by atoms with Gasteiger partial charge in [0.15, 0.2) is 0 Å². The number of likely N-dealkylation sites (N-methyl/N-ethyl adjacent to an activating group) is 1. The minimum Gasteiger partial charge on any atom is -0.497 e. The van der Waals surface area contributed by atoms with Crippen LogP contribution in [0.1, 0.15) is 18.9 Å². The molecule has 1 rings (SSSR count). The summed E-state index contributed by atoms with van der Waals surface area (Å²) in [5.74, 6) is 0.900. The third-order valence-electron chi connectivity index (χ3n) is 2.96. The zero-order valence-corrected chi connectivity index (χ0v) is 10.4. The first-order chi connectivity index (χ1) is 7.71. The van der Waals surface area contributed by atoms with Gasteiger partial charge in [-0.15, -0.1) is 0 Å². The monoisotopic (exact) mass is 222 g/mol. The third kappa shape index (κ3) is 3.51. The van der Waals surface area contributed by atoms with E-state index in [1.165, 1.54) is 5.56 Å². The van der Waals surface area contributed by atoms with E-state index in [9.17, 15) is 0 Å². The molecule has 0 radical (unpaired) electrons. The zero-order valence-electron chi connectivity index (χ0n) is 10.4. The smallest absolute Gasteiger partial charge is 0.118 e. The Bertz CT molecular complexity index is 293. The Morgan fingerprint density at radius 3 is 2.38 bits per heavy atom. The first kappa shape index (κ1) is 13.0. The minimum atomic E-state index is 0.460. The normalized spacial score (nSPS) is 12.8. The summed E-state index contributed by atoms with van der Waals surface area (Å²) in [5, 5.41) is 0. The van der Waals surface area contributed by atoms with Crippen LogP contribution in [0.4, 0.5) is 0 Å². The summed E-state index contributed by atoms with van der Waals surface area (Å²) in [6.07, 6.45) is 1.09. The third-order valence-corrected chi connectivity index (χ3v) is 2.96. The molecule has 0 aliphatic rings. The number of methoxy groups -OCH3 is 1. The van der Waals surface area contributed by atoms with Gasteiger partial charge in [0.1, 0.15) is 5.75 Å². The second-order valence-corrected chi connectivity index (χ2v) is 4.06. The SMILES string of the molecule is CCC(CN)N(C)Cc1ccc(OC)cc1. The van der Waals surface area contributed by atoms with Crippen molar-refractivity contribution < 1.29 is 4.74 Å². The van der Waals surface area contributed by atoms with Crippen LogP contribution in [0.25, 0.3) is 0 Å². The van der Waals surface area contributed by atoms with E-state index in [1.807, 2.05) is 12.1 Å². The van der Waals surface area contributed by atoms with Gasteiger partial charge in [0, 0.05) is 19.1 Å². The summed E-state index contributed by atoms with van der Waals surface area (Å²) in [6, 6.07) is 8.64. The summed E-state index contributed by atoms with van der Waals surface area (Å²) in [5.41, 5.74) is 7.01. The predicted octanol–water partition coefficient (Wildman–Crippen LogP) is 1.86. The van der Waals surface area contributed by atoms with E-state index in [2.05, 4.69) is 31.0 Å². The molecule has 90 valence electrons. The van der Waals surface area contributed by atoms with E-state index in [-0.39, 0.29) is 0 Å². The van der Waals surface area contributed by atoms with Crippen LogP contribution in [0, 0.1) is 0 Å². The topological polar surface area (TPSA) is 38.5 Å². The molecule has 1 aromatic carbocycles. The van der Waals surface area contributed by atoms with Gasteiger partial charge >= 0.3 is 0 Å². The summed E-state index contributed by atoms with van der Waals surface area (Å²) >= 11 is 0. The quantitative estimate of drug-likeness (QED) is 0.798. The van der Waals surface area contributed by atoms with Crippen molar-refractivity contribution in [1.29, 1.82) is 0 Å². The lowest BCUT2D eigenvalue weighted by molar-refractivity contribution is 0.233. The molecule has 1 unspecified atom stereocenters. The Balaban J connectivity index is 2.58. The van der Waals surface area contributed by atoms with Crippen LogP contribution in [0.15, 0.2) is 24.3 Å². The fourth-order valence-corrected chi connectivity index (χ4v) is 1.81. The van der Waals surface area contributed by atoms with E-state index in [4.69, 9.17) is 10.5 Å². The average Bonchev–Trinajstić information content (AvgIpc) is 2.31. The Morgan fingerprint density at radius 2 is 1.94 bits per heavy atom.